The first-order valence-corrected chi connectivity index (χ1v) is 10.3. The molecule has 0 aliphatic heterocycles. The van der Waals surface area contributed by atoms with Crippen molar-refractivity contribution in [3.63, 3.8) is 0 Å². The van der Waals surface area contributed by atoms with Gasteiger partial charge in [0.15, 0.2) is 6.61 Å². The lowest BCUT2D eigenvalue weighted by atomic mass is 10.2. The zero-order valence-electron chi connectivity index (χ0n) is 15.0. The van der Waals surface area contributed by atoms with Crippen LogP contribution in [0, 0.1) is 6.92 Å². The summed E-state index contributed by atoms with van der Waals surface area (Å²) in [7, 11) is -3.59. The van der Waals surface area contributed by atoms with E-state index < -0.39 is 15.9 Å². The largest absolute Gasteiger partial charge is 0.483 e. The molecule has 146 valence electrons. The summed E-state index contributed by atoms with van der Waals surface area (Å²) in [5.41, 5.74) is 0.901. The summed E-state index contributed by atoms with van der Waals surface area (Å²) in [4.78, 5) is 12.2. The molecule has 0 spiro atoms. The molecular formula is C18H20Cl2N2O4S. The number of hydrogen-bond acceptors (Lipinski definition) is 4. The van der Waals surface area contributed by atoms with Gasteiger partial charge in [0.25, 0.3) is 5.91 Å². The number of aryl methyl sites for hydroxylation is 1. The van der Waals surface area contributed by atoms with Crippen molar-refractivity contribution >= 4 is 44.8 Å². The second kappa shape index (κ2) is 8.93. The van der Waals surface area contributed by atoms with Gasteiger partial charge in [-0.3, -0.25) is 4.79 Å². The van der Waals surface area contributed by atoms with E-state index in [4.69, 9.17) is 27.9 Å². The minimum Gasteiger partial charge on any atom is -0.483 e. The third kappa shape index (κ3) is 5.84. The van der Waals surface area contributed by atoms with Crippen LogP contribution in [0.4, 0.5) is 5.69 Å². The summed E-state index contributed by atoms with van der Waals surface area (Å²) in [6, 6.07) is 9.10. The van der Waals surface area contributed by atoms with Gasteiger partial charge in [0.1, 0.15) is 5.75 Å². The van der Waals surface area contributed by atoms with Crippen molar-refractivity contribution in [2.45, 2.75) is 31.7 Å². The third-order valence-electron chi connectivity index (χ3n) is 3.43. The molecule has 0 radical (unpaired) electrons. The van der Waals surface area contributed by atoms with Gasteiger partial charge in [0.05, 0.1) is 20.6 Å². The summed E-state index contributed by atoms with van der Waals surface area (Å²) in [5, 5.41) is 3.23. The van der Waals surface area contributed by atoms with Crippen LogP contribution in [0.2, 0.25) is 10.0 Å². The standard InChI is InChI=1S/C18H20Cl2N2O4S/c1-11(2)22-27(24,25)13-7-8-16(12(3)9-13)26-10-17(23)21-18-14(19)5-4-6-15(18)20/h4-9,11,22H,10H2,1-3H3,(H,21,23). The van der Waals surface area contributed by atoms with E-state index >= 15 is 0 Å². The summed E-state index contributed by atoms with van der Waals surface area (Å²) in [5.74, 6) is -0.0403. The van der Waals surface area contributed by atoms with E-state index in [1.54, 1.807) is 39.0 Å². The SMILES string of the molecule is Cc1cc(S(=O)(=O)NC(C)C)ccc1OCC(=O)Nc1c(Cl)cccc1Cl. The van der Waals surface area contributed by atoms with Crippen LogP contribution in [0.25, 0.3) is 0 Å². The summed E-state index contributed by atoms with van der Waals surface area (Å²) in [6.45, 7) is 4.91. The number of amides is 1. The molecule has 0 aliphatic carbocycles. The van der Waals surface area contributed by atoms with E-state index in [9.17, 15) is 13.2 Å². The molecule has 1 amide bonds. The lowest BCUT2D eigenvalue weighted by molar-refractivity contribution is -0.118. The number of carbonyl (C=O) groups is 1. The Morgan fingerprint density at radius 2 is 1.78 bits per heavy atom. The van der Waals surface area contributed by atoms with Crippen LogP contribution in [0.1, 0.15) is 19.4 Å². The zero-order valence-corrected chi connectivity index (χ0v) is 17.4. The molecule has 0 unspecified atom stereocenters. The Hall–Kier alpha value is -1.80. The van der Waals surface area contributed by atoms with Crippen molar-refractivity contribution < 1.29 is 17.9 Å². The maximum Gasteiger partial charge on any atom is 0.262 e. The molecule has 6 nitrogen and oxygen atoms in total. The van der Waals surface area contributed by atoms with E-state index in [-0.39, 0.29) is 17.5 Å². The first kappa shape index (κ1) is 21.5. The number of ether oxygens (including phenoxy) is 1. The molecule has 2 aromatic carbocycles. The Labute approximate surface area is 168 Å². The maximum atomic E-state index is 12.2. The first-order chi connectivity index (χ1) is 12.6. The Morgan fingerprint density at radius 3 is 2.33 bits per heavy atom. The van der Waals surface area contributed by atoms with Crippen LogP contribution in [0.5, 0.6) is 5.75 Å². The van der Waals surface area contributed by atoms with Crippen molar-refractivity contribution in [2.24, 2.45) is 0 Å². The molecule has 0 aliphatic rings. The number of anilines is 1. The number of sulfonamides is 1. The zero-order chi connectivity index (χ0) is 20.2. The van der Waals surface area contributed by atoms with Gasteiger partial charge in [0.2, 0.25) is 10.0 Å². The van der Waals surface area contributed by atoms with Gasteiger partial charge >= 0.3 is 0 Å². The van der Waals surface area contributed by atoms with Crippen LogP contribution in [0.15, 0.2) is 41.3 Å². The first-order valence-electron chi connectivity index (χ1n) is 8.10. The Balaban J connectivity index is 2.05. The monoisotopic (exact) mass is 430 g/mol. The van der Waals surface area contributed by atoms with Gasteiger partial charge in [-0.1, -0.05) is 29.3 Å². The minimum atomic E-state index is -3.59. The molecular weight excluding hydrogens is 411 g/mol. The fourth-order valence-corrected chi connectivity index (χ4v) is 4.09. The highest BCUT2D eigenvalue weighted by Crippen LogP contribution is 2.29. The van der Waals surface area contributed by atoms with Gasteiger partial charge in [-0.05, 0) is 56.7 Å². The quantitative estimate of drug-likeness (QED) is 0.694. The molecule has 0 bridgehead atoms. The van der Waals surface area contributed by atoms with Crippen molar-refractivity contribution in [1.29, 1.82) is 0 Å². The van der Waals surface area contributed by atoms with Gasteiger partial charge in [-0.15, -0.1) is 0 Å². The predicted octanol–water partition coefficient (Wildman–Crippen LogP) is 4.01. The summed E-state index contributed by atoms with van der Waals surface area (Å²) >= 11 is 12.0. The lowest BCUT2D eigenvalue weighted by Gasteiger charge is -2.13. The number of halogens is 2. The molecule has 0 atom stereocenters. The number of hydrogen-bond donors (Lipinski definition) is 2. The van der Waals surface area contributed by atoms with Crippen LogP contribution < -0.4 is 14.8 Å². The molecule has 0 heterocycles. The molecule has 0 saturated carbocycles. The van der Waals surface area contributed by atoms with E-state index in [0.717, 1.165) is 0 Å². The molecule has 9 heteroatoms. The number of benzene rings is 2. The average Bonchev–Trinajstić information content (AvgIpc) is 2.56. The molecule has 0 aromatic heterocycles. The highest BCUT2D eigenvalue weighted by Gasteiger charge is 2.17. The van der Waals surface area contributed by atoms with Crippen LogP contribution in [-0.4, -0.2) is 27.0 Å². The predicted molar refractivity (Wildman–Crippen MR) is 107 cm³/mol. The second-order valence-electron chi connectivity index (χ2n) is 6.14. The third-order valence-corrected chi connectivity index (χ3v) is 5.72. The number of nitrogens with one attached hydrogen (secondary N) is 2. The Bertz CT molecular complexity index is 926. The molecule has 0 fully saturated rings. The number of rotatable bonds is 7. The molecule has 2 aromatic rings. The van der Waals surface area contributed by atoms with E-state index in [1.807, 2.05) is 0 Å². The van der Waals surface area contributed by atoms with Gasteiger partial charge in [-0.25, -0.2) is 13.1 Å². The van der Waals surface area contributed by atoms with E-state index in [0.29, 0.717) is 27.0 Å². The Morgan fingerprint density at radius 1 is 1.15 bits per heavy atom. The highest BCUT2D eigenvalue weighted by molar-refractivity contribution is 7.89. The normalized spacial score (nSPS) is 11.5. The van der Waals surface area contributed by atoms with Crippen molar-refractivity contribution in [3.05, 3.63) is 52.0 Å². The van der Waals surface area contributed by atoms with Crippen LogP contribution in [0.3, 0.4) is 0 Å². The molecule has 0 saturated heterocycles. The highest BCUT2D eigenvalue weighted by atomic mass is 35.5. The molecule has 2 rings (SSSR count). The lowest BCUT2D eigenvalue weighted by Crippen LogP contribution is -2.30. The maximum absolute atomic E-state index is 12.2. The second-order valence-corrected chi connectivity index (χ2v) is 8.67. The number of carbonyl (C=O) groups excluding carboxylic acids is 1. The van der Waals surface area contributed by atoms with Crippen molar-refractivity contribution in [2.75, 3.05) is 11.9 Å². The van der Waals surface area contributed by atoms with Crippen molar-refractivity contribution in [3.8, 4) is 5.75 Å². The van der Waals surface area contributed by atoms with Crippen LogP contribution in [-0.2, 0) is 14.8 Å². The molecule has 27 heavy (non-hydrogen) atoms. The van der Waals surface area contributed by atoms with Gasteiger partial charge in [-0.2, -0.15) is 0 Å². The average molecular weight is 431 g/mol. The Kier molecular flexibility index (Phi) is 7.11. The van der Waals surface area contributed by atoms with Crippen molar-refractivity contribution in [1.82, 2.24) is 4.72 Å². The van der Waals surface area contributed by atoms with Gasteiger partial charge < -0.3 is 10.1 Å². The molecule has 2 N–H and O–H groups in total. The topological polar surface area (TPSA) is 84.5 Å². The smallest absolute Gasteiger partial charge is 0.262 e. The van der Waals surface area contributed by atoms with Crippen LogP contribution >= 0.6 is 23.2 Å². The fraction of sp³-hybridized carbons (Fsp3) is 0.278. The fourth-order valence-electron chi connectivity index (χ4n) is 2.27. The van der Waals surface area contributed by atoms with Gasteiger partial charge in [0, 0.05) is 6.04 Å². The van der Waals surface area contributed by atoms with E-state index in [2.05, 4.69) is 10.0 Å². The summed E-state index contributed by atoms with van der Waals surface area (Å²) in [6.07, 6.45) is 0. The minimum absolute atomic E-state index is 0.133. The number of para-hydroxylation sites is 1. The summed E-state index contributed by atoms with van der Waals surface area (Å²) < 4.78 is 32.4. The van der Waals surface area contributed by atoms with E-state index in [1.165, 1.54) is 18.2 Å².